The number of fused-ring (bicyclic) bond motifs is 4. The highest BCUT2D eigenvalue weighted by Crippen LogP contribution is 2.48. The maximum atomic E-state index is 13.6. The predicted molar refractivity (Wildman–Crippen MR) is 116 cm³/mol. The van der Waals surface area contributed by atoms with Gasteiger partial charge in [0.25, 0.3) is 5.91 Å². The zero-order valence-electron chi connectivity index (χ0n) is 17.2. The maximum absolute atomic E-state index is 13.6. The van der Waals surface area contributed by atoms with Crippen molar-refractivity contribution in [1.82, 2.24) is 9.88 Å². The van der Waals surface area contributed by atoms with Crippen LogP contribution in [0.4, 0.5) is 14.9 Å². The molecule has 5 nitrogen and oxygen atoms in total. The van der Waals surface area contributed by atoms with Crippen LogP contribution >= 0.6 is 0 Å². The number of rotatable bonds is 2. The van der Waals surface area contributed by atoms with Crippen molar-refractivity contribution in [2.45, 2.75) is 50.6 Å². The molecule has 3 amide bonds. The normalized spacial score (nSPS) is 24.0. The molecule has 2 fully saturated rings. The van der Waals surface area contributed by atoms with E-state index in [-0.39, 0.29) is 23.8 Å². The van der Waals surface area contributed by atoms with Crippen molar-refractivity contribution >= 4 is 28.5 Å². The number of benzene rings is 2. The van der Waals surface area contributed by atoms with Crippen LogP contribution in [0, 0.1) is 11.7 Å². The second kappa shape index (κ2) is 6.94. The van der Waals surface area contributed by atoms with Crippen LogP contribution in [0.15, 0.2) is 48.5 Å². The molecule has 0 unspecified atom stereocenters. The SMILES string of the molecule is O=C1[C@@H]2Cc3c([nH]c4ccccc34)[C@@H](C3CCCCC3)N2C(=O)N1c1ccc(F)cc1. The lowest BCUT2D eigenvalue weighted by atomic mass is 9.78. The van der Waals surface area contributed by atoms with Crippen LogP contribution in [0.25, 0.3) is 10.9 Å². The molecular formula is C25H24FN3O2. The van der Waals surface area contributed by atoms with Crippen molar-refractivity contribution in [3.05, 3.63) is 65.6 Å². The number of hydrogen-bond donors (Lipinski definition) is 1. The fraction of sp³-hybridized carbons (Fsp3) is 0.360. The number of anilines is 1. The molecule has 3 heterocycles. The highest BCUT2D eigenvalue weighted by atomic mass is 19.1. The van der Waals surface area contributed by atoms with Gasteiger partial charge in [0.2, 0.25) is 0 Å². The Hall–Kier alpha value is -3.15. The molecule has 31 heavy (non-hydrogen) atoms. The summed E-state index contributed by atoms with van der Waals surface area (Å²) < 4.78 is 13.5. The van der Waals surface area contributed by atoms with Crippen LogP contribution in [0.2, 0.25) is 0 Å². The van der Waals surface area contributed by atoms with Gasteiger partial charge in [-0.2, -0.15) is 0 Å². The van der Waals surface area contributed by atoms with Gasteiger partial charge in [-0.05, 0) is 54.7 Å². The van der Waals surface area contributed by atoms with Gasteiger partial charge in [0.05, 0.1) is 11.7 Å². The van der Waals surface area contributed by atoms with Crippen molar-refractivity contribution in [3.63, 3.8) is 0 Å². The van der Waals surface area contributed by atoms with Crippen molar-refractivity contribution in [2.24, 2.45) is 5.92 Å². The Balaban J connectivity index is 1.49. The highest BCUT2D eigenvalue weighted by molar-refractivity contribution is 6.21. The smallest absolute Gasteiger partial charge is 0.332 e. The van der Waals surface area contributed by atoms with Crippen molar-refractivity contribution in [2.75, 3.05) is 4.90 Å². The third kappa shape index (κ3) is 2.74. The number of H-pyrrole nitrogens is 1. The lowest BCUT2D eigenvalue weighted by Crippen LogP contribution is -2.46. The van der Waals surface area contributed by atoms with Crippen LogP contribution in [0.5, 0.6) is 0 Å². The predicted octanol–water partition coefficient (Wildman–Crippen LogP) is 5.32. The van der Waals surface area contributed by atoms with Gasteiger partial charge < -0.3 is 9.88 Å². The number of para-hydroxylation sites is 1. The van der Waals surface area contributed by atoms with E-state index in [4.69, 9.17) is 0 Å². The second-order valence-corrected chi connectivity index (χ2v) is 8.97. The third-order valence-corrected chi connectivity index (χ3v) is 7.27. The molecule has 2 atom stereocenters. The third-order valence-electron chi connectivity index (χ3n) is 7.27. The van der Waals surface area contributed by atoms with Crippen LogP contribution < -0.4 is 4.90 Å². The minimum atomic E-state index is -0.517. The van der Waals surface area contributed by atoms with Crippen LogP contribution in [0.3, 0.4) is 0 Å². The number of carbonyl (C=O) groups is 2. The number of amides is 3. The minimum Gasteiger partial charge on any atom is -0.356 e. The first kappa shape index (κ1) is 18.6. The molecular weight excluding hydrogens is 393 g/mol. The molecule has 2 aliphatic heterocycles. The van der Waals surface area contributed by atoms with Gasteiger partial charge in [-0.3, -0.25) is 4.79 Å². The summed E-state index contributed by atoms with van der Waals surface area (Å²) in [4.78, 5) is 33.8. The summed E-state index contributed by atoms with van der Waals surface area (Å²) in [5.74, 6) is -0.274. The zero-order chi connectivity index (χ0) is 21.1. The van der Waals surface area contributed by atoms with E-state index in [2.05, 4.69) is 17.1 Å². The standard InChI is InChI=1S/C25H24FN3O2/c26-16-10-12-17(13-11-16)28-24(30)21-14-19-18-8-4-5-9-20(18)27-22(19)23(29(21)25(28)31)15-6-2-1-3-7-15/h4-5,8-13,15,21,23,27H,1-3,6-7,14H2/t21-,23+/m0/s1. The van der Waals surface area contributed by atoms with Gasteiger partial charge in [-0.25, -0.2) is 14.1 Å². The van der Waals surface area contributed by atoms with E-state index in [0.717, 1.165) is 47.8 Å². The topological polar surface area (TPSA) is 56.4 Å². The summed E-state index contributed by atoms with van der Waals surface area (Å²) >= 11 is 0. The van der Waals surface area contributed by atoms with Gasteiger partial charge in [0, 0.05) is 23.0 Å². The summed E-state index contributed by atoms with van der Waals surface area (Å²) in [5, 5.41) is 1.14. The average molecular weight is 417 g/mol. The molecule has 158 valence electrons. The Labute approximate surface area is 179 Å². The quantitative estimate of drug-likeness (QED) is 0.574. The number of nitrogens with one attached hydrogen (secondary N) is 1. The Morgan fingerprint density at radius 2 is 1.68 bits per heavy atom. The Morgan fingerprint density at radius 1 is 0.935 bits per heavy atom. The molecule has 1 saturated carbocycles. The first-order valence-electron chi connectivity index (χ1n) is 11.1. The number of nitrogens with zero attached hydrogens (tertiary/aromatic N) is 2. The number of aromatic amines is 1. The van der Waals surface area contributed by atoms with E-state index < -0.39 is 6.04 Å². The number of imide groups is 1. The zero-order valence-corrected chi connectivity index (χ0v) is 17.2. The highest BCUT2D eigenvalue weighted by Gasteiger charge is 2.54. The van der Waals surface area contributed by atoms with E-state index in [0.29, 0.717) is 18.0 Å². The lowest BCUT2D eigenvalue weighted by molar-refractivity contribution is -0.120. The van der Waals surface area contributed by atoms with Gasteiger partial charge in [-0.1, -0.05) is 37.5 Å². The minimum absolute atomic E-state index is 0.136. The van der Waals surface area contributed by atoms with E-state index >= 15 is 0 Å². The Morgan fingerprint density at radius 3 is 2.45 bits per heavy atom. The molecule has 3 aromatic rings. The lowest BCUT2D eigenvalue weighted by Gasteiger charge is -2.41. The van der Waals surface area contributed by atoms with Gasteiger partial charge in [0.15, 0.2) is 0 Å². The number of urea groups is 1. The summed E-state index contributed by atoms with van der Waals surface area (Å²) in [7, 11) is 0. The molecule has 1 aromatic heterocycles. The molecule has 1 N–H and O–H groups in total. The van der Waals surface area contributed by atoms with E-state index in [9.17, 15) is 14.0 Å². The molecule has 0 spiro atoms. The molecule has 1 saturated heterocycles. The number of halogens is 1. The Bertz CT molecular complexity index is 1180. The summed E-state index contributed by atoms with van der Waals surface area (Å²) in [5.41, 5.74) is 3.74. The molecule has 0 bridgehead atoms. The van der Waals surface area contributed by atoms with Crippen molar-refractivity contribution in [1.29, 1.82) is 0 Å². The summed E-state index contributed by atoms with van der Waals surface area (Å²) in [6, 6.07) is 12.8. The Kier molecular flexibility index (Phi) is 4.16. The van der Waals surface area contributed by atoms with Crippen LogP contribution in [-0.4, -0.2) is 27.9 Å². The van der Waals surface area contributed by atoms with Gasteiger partial charge >= 0.3 is 6.03 Å². The van der Waals surface area contributed by atoms with E-state index in [1.54, 1.807) is 0 Å². The van der Waals surface area contributed by atoms with Crippen LogP contribution in [0.1, 0.15) is 49.4 Å². The van der Waals surface area contributed by atoms with Crippen molar-refractivity contribution in [3.8, 4) is 0 Å². The fourth-order valence-corrected chi connectivity index (χ4v) is 5.88. The molecule has 1 aliphatic carbocycles. The number of carbonyl (C=O) groups excluding carboxylic acids is 2. The molecule has 0 radical (unpaired) electrons. The second-order valence-electron chi connectivity index (χ2n) is 8.97. The van der Waals surface area contributed by atoms with Gasteiger partial charge in [-0.15, -0.1) is 0 Å². The first-order chi connectivity index (χ1) is 15.1. The fourth-order valence-electron chi connectivity index (χ4n) is 5.88. The van der Waals surface area contributed by atoms with Gasteiger partial charge in [0.1, 0.15) is 11.9 Å². The summed E-state index contributed by atoms with van der Waals surface area (Å²) in [6.45, 7) is 0. The monoisotopic (exact) mass is 417 g/mol. The number of hydrogen-bond acceptors (Lipinski definition) is 2. The first-order valence-corrected chi connectivity index (χ1v) is 11.1. The van der Waals surface area contributed by atoms with E-state index in [1.165, 1.54) is 35.6 Å². The van der Waals surface area contributed by atoms with Crippen LogP contribution in [-0.2, 0) is 11.2 Å². The average Bonchev–Trinajstić information content (AvgIpc) is 3.29. The molecule has 2 aromatic carbocycles. The van der Waals surface area contributed by atoms with E-state index in [1.807, 2.05) is 17.0 Å². The number of aromatic nitrogens is 1. The molecule has 6 rings (SSSR count). The van der Waals surface area contributed by atoms with Crippen molar-refractivity contribution < 1.29 is 14.0 Å². The molecule has 3 aliphatic rings. The molecule has 6 heteroatoms. The summed E-state index contributed by atoms with van der Waals surface area (Å²) in [6.07, 6.45) is 6.14. The maximum Gasteiger partial charge on any atom is 0.332 e. The largest absolute Gasteiger partial charge is 0.356 e.